The Bertz CT molecular complexity index is 1020. The van der Waals surface area contributed by atoms with E-state index in [1.165, 1.54) is 38.5 Å². The predicted molar refractivity (Wildman–Crippen MR) is 133 cm³/mol. The van der Waals surface area contributed by atoms with E-state index < -0.39 is 0 Å². The van der Waals surface area contributed by atoms with Gasteiger partial charge in [0.2, 0.25) is 0 Å². The molecule has 3 heteroatoms. The van der Waals surface area contributed by atoms with Crippen LogP contribution in [0.2, 0.25) is 0 Å². The average molecular weight is 436 g/mol. The van der Waals surface area contributed by atoms with Crippen LogP contribution in [0.1, 0.15) is 70.8 Å². The molecule has 0 amide bonds. The van der Waals surface area contributed by atoms with E-state index >= 15 is 0 Å². The molecule has 4 aliphatic rings. The first kappa shape index (κ1) is 20.0. The normalized spacial score (nSPS) is 27.5. The van der Waals surface area contributed by atoms with Gasteiger partial charge < -0.3 is 0 Å². The molecule has 0 radical (unpaired) electrons. The van der Waals surface area contributed by atoms with E-state index in [0.29, 0.717) is 18.1 Å². The molecule has 3 nitrogen and oxygen atoms in total. The van der Waals surface area contributed by atoms with Crippen molar-refractivity contribution in [2.45, 2.75) is 56.7 Å². The minimum Gasteiger partial charge on any atom is -0.270 e. The first-order chi connectivity index (χ1) is 16.3. The molecule has 1 fully saturated rings. The van der Waals surface area contributed by atoms with Gasteiger partial charge in [-0.05, 0) is 71.9 Å². The Kier molecular flexibility index (Phi) is 4.89. The molecule has 3 aromatic carbocycles. The third-order valence-electron chi connectivity index (χ3n) is 8.72. The lowest BCUT2D eigenvalue weighted by Gasteiger charge is -2.49. The van der Waals surface area contributed by atoms with Crippen LogP contribution in [0.4, 0.5) is 0 Å². The number of nitrogens with zero attached hydrogens (tertiary/aromatic N) is 3. The van der Waals surface area contributed by atoms with E-state index in [2.05, 4.69) is 87.5 Å². The molecule has 0 bridgehead atoms. The first-order valence-electron chi connectivity index (χ1n) is 12.8. The van der Waals surface area contributed by atoms with E-state index in [4.69, 9.17) is 0 Å². The molecule has 3 aliphatic carbocycles. The highest BCUT2D eigenvalue weighted by molar-refractivity contribution is 5.37. The Labute approximate surface area is 197 Å². The predicted octanol–water partition coefficient (Wildman–Crippen LogP) is 5.84. The Morgan fingerprint density at radius 3 is 1.06 bits per heavy atom. The number of benzene rings is 3. The number of fused-ring (bicyclic) bond motifs is 3. The van der Waals surface area contributed by atoms with Gasteiger partial charge in [0.1, 0.15) is 0 Å². The van der Waals surface area contributed by atoms with Crippen LogP contribution in [0.3, 0.4) is 0 Å². The van der Waals surface area contributed by atoms with Crippen molar-refractivity contribution in [1.29, 1.82) is 0 Å². The first-order valence-corrected chi connectivity index (χ1v) is 12.8. The summed E-state index contributed by atoms with van der Waals surface area (Å²) in [6, 6.07) is 29.1. The summed E-state index contributed by atoms with van der Waals surface area (Å²) in [6.07, 6.45) is 7.41. The van der Waals surface area contributed by atoms with Gasteiger partial charge in [-0.15, -0.1) is 0 Å². The molecule has 168 valence electrons. The second-order valence-electron chi connectivity index (χ2n) is 10.5. The third kappa shape index (κ3) is 3.37. The van der Waals surface area contributed by atoms with Crippen molar-refractivity contribution in [3.8, 4) is 0 Å². The monoisotopic (exact) mass is 435 g/mol. The minimum atomic E-state index is 0.541. The van der Waals surface area contributed by atoms with Crippen molar-refractivity contribution >= 4 is 0 Å². The second-order valence-corrected chi connectivity index (χ2v) is 10.5. The molecule has 1 heterocycles. The van der Waals surface area contributed by atoms with Crippen LogP contribution >= 0.6 is 0 Å². The summed E-state index contributed by atoms with van der Waals surface area (Å²) in [5.41, 5.74) is 9.38. The molecule has 1 aliphatic heterocycles. The summed E-state index contributed by atoms with van der Waals surface area (Å²) in [5.74, 6) is 0. The summed E-state index contributed by atoms with van der Waals surface area (Å²) in [4.78, 5) is 8.37. The molecule has 3 atom stereocenters. The van der Waals surface area contributed by atoms with Gasteiger partial charge >= 0.3 is 0 Å². The van der Waals surface area contributed by atoms with Crippen LogP contribution in [-0.4, -0.2) is 34.7 Å². The largest absolute Gasteiger partial charge is 0.270 e. The van der Waals surface area contributed by atoms with Gasteiger partial charge in [-0.3, -0.25) is 14.7 Å². The quantitative estimate of drug-likeness (QED) is 0.512. The highest BCUT2D eigenvalue weighted by Crippen LogP contribution is 2.43. The fourth-order valence-electron chi connectivity index (χ4n) is 7.17. The molecule has 1 saturated heterocycles. The lowest BCUT2D eigenvalue weighted by Crippen LogP contribution is -2.56. The molecule has 0 N–H and O–H groups in total. The van der Waals surface area contributed by atoms with Crippen molar-refractivity contribution < 1.29 is 0 Å². The summed E-state index contributed by atoms with van der Waals surface area (Å²) >= 11 is 0. The Hall–Kier alpha value is -2.46. The van der Waals surface area contributed by atoms with E-state index in [1.807, 2.05) is 0 Å². The molecule has 3 aromatic rings. The van der Waals surface area contributed by atoms with Gasteiger partial charge in [0.25, 0.3) is 0 Å². The van der Waals surface area contributed by atoms with Crippen molar-refractivity contribution in [2.75, 3.05) is 20.0 Å². The van der Waals surface area contributed by atoms with Crippen molar-refractivity contribution in [1.82, 2.24) is 14.7 Å². The van der Waals surface area contributed by atoms with Crippen LogP contribution in [0.5, 0.6) is 0 Å². The lowest BCUT2D eigenvalue weighted by molar-refractivity contribution is -0.0877. The van der Waals surface area contributed by atoms with Gasteiger partial charge in [-0.1, -0.05) is 72.8 Å². The lowest BCUT2D eigenvalue weighted by atomic mass is 10.0. The summed E-state index contributed by atoms with van der Waals surface area (Å²) in [7, 11) is 0. The van der Waals surface area contributed by atoms with Crippen LogP contribution in [0.15, 0.2) is 72.8 Å². The molecule has 0 spiro atoms. The smallest absolute Gasteiger partial charge is 0.0542 e. The molecule has 0 saturated carbocycles. The number of aryl methyl sites for hydroxylation is 3. The third-order valence-corrected chi connectivity index (χ3v) is 8.72. The minimum absolute atomic E-state index is 0.541. The van der Waals surface area contributed by atoms with Gasteiger partial charge in [0.15, 0.2) is 0 Å². The molecule has 0 aromatic heterocycles. The molecule has 0 unspecified atom stereocenters. The van der Waals surface area contributed by atoms with E-state index in [9.17, 15) is 0 Å². The zero-order chi connectivity index (χ0) is 21.8. The van der Waals surface area contributed by atoms with E-state index in [1.54, 1.807) is 33.4 Å². The topological polar surface area (TPSA) is 9.72 Å². The zero-order valence-corrected chi connectivity index (χ0v) is 19.4. The summed E-state index contributed by atoms with van der Waals surface area (Å²) in [6.45, 7) is 3.22. The van der Waals surface area contributed by atoms with Crippen molar-refractivity contribution in [3.05, 3.63) is 106 Å². The van der Waals surface area contributed by atoms with Crippen molar-refractivity contribution in [2.24, 2.45) is 0 Å². The van der Waals surface area contributed by atoms with Crippen LogP contribution in [0, 0.1) is 0 Å². The maximum Gasteiger partial charge on any atom is 0.0542 e. The van der Waals surface area contributed by atoms with Crippen molar-refractivity contribution in [3.63, 3.8) is 0 Å². The SMILES string of the molecule is c1ccc2c(c1)CC[C@H]2N1CN([C@@H]2CCc3ccccc32)CN([C@@H]2CCc3ccccc32)C1. The van der Waals surface area contributed by atoms with Gasteiger partial charge in [0.05, 0.1) is 20.0 Å². The van der Waals surface area contributed by atoms with Gasteiger partial charge in [-0.2, -0.15) is 0 Å². The summed E-state index contributed by atoms with van der Waals surface area (Å²) in [5, 5.41) is 0. The fraction of sp³-hybridized carbons (Fsp3) is 0.400. The Morgan fingerprint density at radius 1 is 0.424 bits per heavy atom. The van der Waals surface area contributed by atoms with Crippen LogP contribution in [0.25, 0.3) is 0 Å². The number of hydrogen-bond donors (Lipinski definition) is 0. The van der Waals surface area contributed by atoms with Gasteiger partial charge in [0, 0.05) is 18.1 Å². The second kappa shape index (κ2) is 8.09. The van der Waals surface area contributed by atoms with E-state index in [-0.39, 0.29) is 0 Å². The standard InChI is InChI=1S/C30H33N3/c1-4-10-25-22(7-1)13-16-28(25)31-19-32(29-17-14-23-8-2-5-11-26(23)29)21-33(20-31)30-18-15-24-9-3-6-12-27(24)30/h1-12,28-30H,13-21H2/t28-,29-,30-/m1/s1. The molecular weight excluding hydrogens is 402 g/mol. The fourth-order valence-corrected chi connectivity index (χ4v) is 7.17. The van der Waals surface area contributed by atoms with Gasteiger partial charge in [-0.25, -0.2) is 0 Å². The highest BCUT2D eigenvalue weighted by atomic mass is 15.5. The maximum absolute atomic E-state index is 2.79. The Balaban J connectivity index is 1.23. The molecule has 33 heavy (non-hydrogen) atoms. The average Bonchev–Trinajstić information content (AvgIpc) is 3.60. The van der Waals surface area contributed by atoms with E-state index in [0.717, 1.165) is 20.0 Å². The number of rotatable bonds is 3. The molecular formula is C30H33N3. The summed E-state index contributed by atoms with van der Waals surface area (Å²) < 4.78 is 0. The van der Waals surface area contributed by atoms with Crippen LogP contribution in [-0.2, 0) is 19.3 Å². The zero-order valence-electron chi connectivity index (χ0n) is 19.4. The molecule has 7 rings (SSSR count). The van der Waals surface area contributed by atoms with Crippen LogP contribution < -0.4 is 0 Å². The highest BCUT2D eigenvalue weighted by Gasteiger charge is 2.40. The Morgan fingerprint density at radius 2 is 0.727 bits per heavy atom. The maximum atomic E-state index is 2.79. The number of hydrogen-bond acceptors (Lipinski definition) is 3.